The number of hydrogen-bond donors (Lipinski definition) is 0. The molecule has 0 saturated carbocycles. The van der Waals surface area contributed by atoms with Gasteiger partial charge in [0.25, 0.3) is 0 Å². The highest BCUT2D eigenvalue weighted by Crippen LogP contribution is 2.41. The molecule has 0 aliphatic carbocycles. The molecule has 3 aromatic heterocycles. The first-order valence-electron chi connectivity index (χ1n) is 15.8. The predicted molar refractivity (Wildman–Crippen MR) is 194 cm³/mol. The third kappa shape index (κ3) is 3.73. The second-order valence-corrected chi connectivity index (χ2v) is 12.1. The molecule has 10 aromatic rings. The fourth-order valence-electron chi connectivity index (χ4n) is 7.50. The lowest BCUT2D eigenvalue weighted by Gasteiger charge is -2.12. The van der Waals surface area contributed by atoms with E-state index in [0.717, 1.165) is 55.1 Å². The first kappa shape index (κ1) is 25.9. The van der Waals surface area contributed by atoms with Crippen molar-refractivity contribution < 1.29 is 4.42 Å². The predicted octanol–water partition coefficient (Wildman–Crippen LogP) is 10.8. The lowest BCUT2D eigenvalue weighted by molar-refractivity contribution is 0.570. The molecule has 0 aliphatic rings. The van der Waals surface area contributed by atoms with Crippen molar-refractivity contribution in [3.05, 3.63) is 168 Å². The largest absolute Gasteiger partial charge is 0.422 e. The summed E-state index contributed by atoms with van der Waals surface area (Å²) in [5, 5.41) is 7.10. The first-order chi connectivity index (χ1) is 23.2. The summed E-state index contributed by atoms with van der Waals surface area (Å²) in [6, 6.07) is 54.9. The lowest BCUT2D eigenvalue weighted by atomic mass is 10.0. The Hall–Kier alpha value is -6.39. The molecular formula is C43H26N2O2. The van der Waals surface area contributed by atoms with E-state index < -0.39 is 0 Å². The fourth-order valence-corrected chi connectivity index (χ4v) is 7.50. The van der Waals surface area contributed by atoms with E-state index in [9.17, 15) is 4.79 Å². The Bertz CT molecular complexity index is 2910. The van der Waals surface area contributed by atoms with Gasteiger partial charge in [-0.25, -0.2) is 4.79 Å². The number of para-hydroxylation sites is 4. The molecule has 0 aliphatic heterocycles. The zero-order chi connectivity index (χ0) is 31.1. The number of fused-ring (bicyclic) bond motifs is 10. The molecule has 4 nitrogen and oxygen atoms in total. The highest BCUT2D eigenvalue weighted by Gasteiger charge is 2.20. The number of nitrogens with zero attached hydrogens (tertiary/aromatic N) is 2. The second kappa shape index (κ2) is 9.80. The molecule has 4 heteroatoms. The normalized spacial score (nSPS) is 11.9. The maximum Gasteiger partial charge on any atom is 0.344 e. The van der Waals surface area contributed by atoms with Crippen LogP contribution in [0.2, 0.25) is 0 Å². The van der Waals surface area contributed by atoms with Crippen LogP contribution in [0.5, 0.6) is 0 Å². The summed E-state index contributed by atoms with van der Waals surface area (Å²) in [6.45, 7) is 0. The minimum absolute atomic E-state index is 0.326. The Labute approximate surface area is 268 Å². The average molecular weight is 603 g/mol. The van der Waals surface area contributed by atoms with Crippen LogP contribution in [0.15, 0.2) is 167 Å². The monoisotopic (exact) mass is 602 g/mol. The zero-order valence-corrected chi connectivity index (χ0v) is 25.2. The molecule has 0 bridgehead atoms. The van der Waals surface area contributed by atoms with Gasteiger partial charge >= 0.3 is 5.63 Å². The molecule has 0 atom stereocenters. The molecule has 10 rings (SSSR count). The van der Waals surface area contributed by atoms with E-state index in [2.05, 4.69) is 130 Å². The molecule has 0 amide bonds. The van der Waals surface area contributed by atoms with Crippen LogP contribution in [0.4, 0.5) is 0 Å². The van der Waals surface area contributed by atoms with E-state index in [1.807, 2.05) is 36.4 Å². The highest BCUT2D eigenvalue weighted by atomic mass is 16.4. The van der Waals surface area contributed by atoms with E-state index in [1.54, 1.807) is 0 Å². The van der Waals surface area contributed by atoms with E-state index >= 15 is 0 Å². The van der Waals surface area contributed by atoms with Crippen molar-refractivity contribution >= 4 is 65.4 Å². The maximum absolute atomic E-state index is 13.3. The van der Waals surface area contributed by atoms with Gasteiger partial charge in [0.05, 0.1) is 27.5 Å². The summed E-state index contributed by atoms with van der Waals surface area (Å²) in [6.07, 6.45) is 0. The van der Waals surface area contributed by atoms with Crippen molar-refractivity contribution in [1.29, 1.82) is 0 Å². The number of aromatic nitrogens is 2. The van der Waals surface area contributed by atoms with Gasteiger partial charge in [0.15, 0.2) is 0 Å². The summed E-state index contributed by atoms with van der Waals surface area (Å²) in [5.74, 6) is 0. The van der Waals surface area contributed by atoms with Crippen LogP contribution < -0.4 is 5.63 Å². The Morgan fingerprint density at radius 1 is 0.404 bits per heavy atom. The van der Waals surface area contributed by atoms with E-state index in [1.165, 1.54) is 21.8 Å². The molecule has 7 aromatic carbocycles. The number of benzene rings is 7. The van der Waals surface area contributed by atoms with Gasteiger partial charge in [-0.15, -0.1) is 0 Å². The molecule has 47 heavy (non-hydrogen) atoms. The second-order valence-electron chi connectivity index (χ2n) is 12.1. The standard InChI is InChI=1S/C43H26N2O2/c46-43-36-24-23-34-33-22-20-28(27-19-21-32-31-15-7-9-17-37(31)44(38(32)25-27)29-11-3-1-4-12-29)26-39(33)45(30-13-5-2-6-14-30)42(34)41(36)35-16-8-10-18-40(35)47-43/h1-26H. The van der Waals surface area contributed by atoms with Crippen LogP contribution in [0.1, 0.15) is 0 Å². The molecule has 0 spiro atoms. The Balaban J connectivity index is 1.30. The summed E-state index contributed by atoms with van der Waals surface area (Å²) >= 11 is 0. The van der Waals surface area contributed by atoms with Crippen molar-refractivity contribution in [1.82, 2.24) is 9.13 Å². The maximum atomic E-state index is 13.3. The molecular weight excluding hydrogens is 576 g/mol. The van der Waals surface area contributed by atoms with E-state index in [0.29, 0.717) is 11.0 Å². The van der Waals surface area contributed by atoms with Crippen molar-refractivity contribution in [2.24, 2.45) is 0 Å². The average Bonchev–Trinajstić information content (AvgIpc) is 3.64. The topological polar surface area (TPSA) is 40.1 Å². The molecule has 0 fully saturated rings. The Morgan fingerprint density at radius 2 is 0.915 bits per heavy atom. The van der Waals surface area contributed by atoms with Crippen LogP contribution in [-0.2, 0) is 0 Å². The minimum Gasteiger partial charge on any atom is -0.422 e. The van der Waals surface area contributed by atoms with Gasteiger partial charge in [-0.05, 0) is 65.7 Å². The number of rotatable bonds is 3. The molecule has 0 unspecified atom stereocenters. The van der Waals surface area contributed by atoms with Gasteiger partial charge in [-0.3, -0.25) is 0 Å². The van der Waals surface area contributed by atoms with Gasteiger partial charge in [-0.2, -0.15) is 0 Å². The van der Waals surface area contributed by atoms with Gasteiger partial charge in [0.1, 0.15) is 5.58 Å². The Morgan fingerprint density at radius 3 is 1.64 bits per heavy atom. The van der Waals surface area contributed by atoms with Gasteiger partial charge in [0.2, 0.25) is 0 Å². The van der Waals surface area contributed by atoms with Gasteiger partial charge < -0.3 is 13.6 Å². The molecule has 220 valence electrons. The summed E-state index contributed by atoms with van der Waals surface area (Å²) in [5.41, 5.74) is 9.14. The van der Waals surface area contributed by atoms with Gasteiger partial charge in [-0.1, -0.05) is 103 Å². The van der Waals surface area contributed by atoms with E-state index in [4.69, 9.17) is 4.42 Å². The number of hydrogen-bond acceptors (Lipinski definition) is 2. The SMILES string of the molecule is O=c1oc2ccccc2c2c1ccc1c3ccc(-c4ccc5c6ccccc6n(-c6ccccc6)c5c4)cc3n(-c3ccccc3)c12. The van der Waals surface area contributed by atoms with Crippen LogP contribution in [0.3, 0.4) is 0 Å². The highest BCUT2D eigenvalue weighted by molar-refractivity contribution is 6.24. The van der Waals surface area contributed by atoms with Crippen LogP contribution in [-0.4, -0.2) is 9.13 Å². The molecule has 0 radical (unpaired) electrons. The quantitative estimate of drug-likeness (QED) is 0.149. The lowest BCUT2D eigenvalue weighted by Crippen LogP contribution is -2.01. The molecule has 0 N–H and O–H groups in total. The third-order valence-corrected chi connectivity index (χ3v) is 9.55. The van der Waals surface area contributed by atoms with Crippen molar-refractivity contribution in [3.8, 4) is 22.5 Å². The Kier molecular flexibility index (Phi) is 5.40. The fraction of sp³-hybridized carbons (Fsp3) is 0. The van der Waals surface area contributed by atoms with Crippen LogP contribution in [0.25, 0.3) is 87.9 Å². The smallest absolute Gasteiger partial charge is 0.344 e. The molecule has 0 saturated heterocycles. The van der Waals surface area contributed by atoms with Crippen molar-refractivity contribution in [3.63, 3.8) is 0 Å². The minimum atomic E-state index is -0.326. The first-order valence-corrected chi connectivity index (χ1v) is 15.8. The van der Waals surface area contributed by atoms with Crippen molar-refractivity contribution in [2.45, 2.75) is 0 Å². The van der Waals surface area contributed by atoms with E-state index in [-0.39, 0.29) is 5.63 Å². The molecule has 3 heterocycles. The van der Waals surface area contributed by atoms with Crippen LogP contribution >= 0.6 is 0 Å². The third-order valence-electron chi connectivity index (χ3n) is 9.55. The van der Waals surface area contributed by atoms with Crippen LogP contribution in [0, 0.1) is 0 Å². The van der Waals surface area contributed by atoms with Crippen molar-refractivity contribution in [2.75, 3.05) is 0 Å². The summed E-state index contributed by atoms with van der Waals surface area (Å²) in [4.78, 5) is 13.3. The van der Waals surface area contributed by atoms with Gasteiger partial charge in [0, 0.05) is 43.7 Å². The zero-order valence-electron chi connectivity index (χ0n) is 25.2. The summed E-state index contributed by atoms with van der Waals surface area (Å²) in [7, 11) is 0. The summed E-state index contributed by atoms with van der Waals surface area (Å²) < 4.78 is 10.4.